The van der Waals surface area contributed by atoms with Crippen molar-refractivity contribution in [2.75, 3.05) is 27.3 Å². The molecule has 4 amide bonds. The van der Waals surface area contributed by atoms with Crippen molar-refractivity contribution in [3.05, 3.63) is 71.6 Å². The largest absolute Gasteiger partial charge is 0.453 e. The predicted molar refractivity (Wildman–Crippen MR) is 202 cm³/mol. The zero-order chi connectivity index (χ0) is 38.5. The average Bonchev–Trinajstić information content (AvgIpc) is 4.00. The summed E-state index contributed by atoms with van der Waals surface area (Å²) in [6.45, 7) is 8.74. The topological polar surface area (TPSA) is 175 Å². The number of likely N-dealkylation sites (tertiary alicyclic amines) is 2. The summed E-state index contributed by atoms with van der Waals surface area (Å²) in [6, 6.07) is 12.2. The van der Waals surface area contributed by atoms with Gasteiger partial charge in [0.25, 0.3) is 0 Å². The highest BCUT2D eigenvalue weighted by Gasteiger charge is 2.39. The van der Waals surface area contributed by atoms with E-state index < -0.39 is 24.3 Å². The Balaban J connectivity index is 1.12. The molecule has 4 heterocycles. The maximum Gasteiger partial charge on any atom is 0.407 e. The maximum absolute atomic E-state index is 13.6. The lowest BCUT2D eigenvalue weighted by Gasteiger charge is -2.29. The monoisotopic (exact) mass is 736 g/mol. The van der Waals surface area contributed by atoms with Crippen molar-refractivity contribution in [2.45, 2.75) is 77.5 Å². The molecular weight excluding hydrogens is 688 g/mol. The third-order valence-corrected chi connectivity index (χ3v) is 10.1. The van der Waals surface area contributed by atoms with Gasteiger partial charge in [-0.15, -0.1) is 0 Å². The van der Waals surface area contributed by atoms with Gasteiger partial charge in [0, 0.05) is 18.7 Å². The zero-order valence-corrected chi connectivity index (χ0v) is 31.6. The molecule has 2 aromatic heterocycles. The number of fused-ring (bicyclic) bond motifs is 1. The lowest BCUT2D eigenvalue weighted by atomic mass is 10.0. The van der Waals surface area contributed by atoms with E-state index in [-0.39, 0.29) is 35.7 Å². The minimum absolute atomic E-state index is 0.110. The van der Waals surface area contributed by atoms with Crippen LogP contribution in [0, 0.1) is 23.7 Å². The van der Waals surface area contributed by atoms with Crippen molar-refractivity contribution < 1.29 is 28.7 Å². The normalized spacial score (nSPS) is 18.0. The average molecular weight is 737 g/mol. The highest BCUT2D eigenvalue weighted by molar-refractivity contribution is 5.87. The first-order valence-corrected chi connectivity index (χ1v) is 18.4. The van der Waals surface area contributed by atoms with Crippen LogP contribution in [-0.2, 0) is 19.1 Å². The van der Waals surface area contributed by atoms with E-state index in [0.29, 0.717) is 24.6 Å². The molecule has 14 nitrogen and oxygen atoms in total. The molecule has 0 spiro atoms. The SMILES string of the molecule is COC(=O)N[C@H](C(=O)N1CCC[C@@H]1c1ncc(C#Cc2ccc(-c3ccc4nc([C@H]5CCCN5C(=O)[C@H](NC(=O)OC)C(C)C)[nH]c4c3)cc2)[nH]1)C(C)C. The molecule has 2 aromatic carbocycles. The summed E-state index contributed by atoms with van der Waals surface area (Å²) in [6.07, 6.45) is 3.63. The first-order chi connectivity index (χ1) is 26.0. The van der Waals surface area contributed by atoms with Crippen LogP contribution < -0.4 is 10.6 Å². The fraction of sp³-hybridized carbons (Fsp3) is 0.450. The summed E-state index contributed by atoms with van der Waals surface area (Å²) < 4.78 is 9.49. The van der Waals surface area contributed by atoms with Crippen molar-refractivity contribution in [2.24, 2.45) is 11.8 Å². The number of methoxy groups -OCH3 is 2. The molecular formula is C40H48N8O6. The number of nitrogens with zero attached hydrogens (tertiary/aromatic N) is 4. The highest BCUT2D eigenvalue weighted by Crippen LogP contribution is 2.34. The van der Waals surface area contributed by atoms with Gasteiger partial charge >= 0.3 is 12.2 Å². The van der Waals surface area contributed by atoms with Crippen molar-refractivity contribution in [1.82, 2.24) is 40.4 Å². The van der Waals surface area contributed by atoms with Crippen molar-refractivity contribution >= 4 is 35.0 Å². The van der Waals surface area contributed by atoms with E-state index in [1.54, 1.807) is 11.1 Å². The van der Waals surface area contributed by atoms with E-state index in [9.17, 15) is 19.2 Å². The highest BCUT2D eigenvalue weighted by atomic mass is 16.5. The van der Waals surface area contributed by atoms with Crippen LogP contribution in [0.3, 0.4) is 0 Å². The Kier molecular flexibility index (Phi) is 11.5. The summed E-state index contributed by atoms with van der Waals surface area (Å²) in [5, 5.41) is 5.37. The molecule has 54 heavy (non-hydrogen) atoms. The van der Waals surface area contributed by atoms with Gasteiger partial charge in [0.15, 0.2) is 0 Å². The first kappa shape index (κ1) is 37.9. The predicted octanol–water partition coefficient (Wildman–Crippen LogP) is 5.44. The minimum atomic E-state index is -0.698. The molecule has 284 valence electrons. The summed E-state index contributed by atoms with van der Waals surface area (Å²) in [5.41, 5.74) is 5.18. The van der Waals surface area contributed by atoms with Crippen molar-refractivity contribution in [1.29, 1.82) is 0 Å². The van der Waals surface area contributed by atoms with Crippen LogP contribution in [0.25, 0.3) is 22.2 Å². The first-order valence-electron chi connectivity index (χ1n) is 18.4. The van der Waals surface area contributed by atoms with E-state index in [2.05, 4.69) is 43.5 Å². The van der Waals surface area contributed by atoms with Gasteiger partial charge in [-0.1, -0.05) is 51.8 Å². The van der Waals surface area contributed by atoms with Gasteiger partial charge in [0.1, 0.15) is 29.4 Å². The fourth-order valence-electron chi connectivity index (χ4n) is 7.21. The summed E-state index contributed by atoms with van der Waals surface area (Å²) >= 11 is 0. The second-order valence-corrected chi connectivity index (χ2v) is 14.5. The van der Waals surface area contributed by atoms with Gasteiger partial charge in [-0.05, 0) is 78.8 Å². The van der Waals surface area contributed by atoms with Gasteiger partial charge in [-0.2, -0.15) is 0 Å². The maximum atomic E-state index is 13.6. The van der Waals surface area contributed by atoms with Gasteiger partial charge < -0.3 is 39.9 Å². The molecule has 14 heteroatoms. The number of nitrogens with one attached hydrogen (secondary N) is 4. The molecule has 4 aromatic rings. The quantitative estimate of drug-likeness (QED) is 0.164. The van der Waals surface area contributed by atoms with E-state index in [1.807, 2.05) is 69.0 Å². The Hall–Kier alpha value is -5.84. The molecule has 0 unspecified atom stereocenters. The summed E-state index contributed by atoms with van der Waals surface area (Å²) in [4.78, 5) is 70.6. The lowest BCUT2D eigenvalue weighted by Crippen LogP contribution is -2.51. The van der Waals surface area contributed by atoms with Crippen molar-refractivity contribution in [3.63, 3.8) is 0 Å². The number of amides is 4. The van der Waals surface area contributed by atoms with E-state index in [0.717, 1.165) is 59.2 Å². The molecule has 0 radical (unpaired) electrons. The van der Waals surface area contributed by atoms with Crippen LogP contribution >= 0.6 is 0 Å². The van der Waals surface area contributed by atoms with Gasteiger partial charge in [-0.25, -0.2) is 19.6 Å². The molecule has 0 bridgehead atoms. The lowest BCUT2D eigenvalue weighted by molar-refractivity contribution is -0.136. The molecule has 0 saturated carbocycles. The molecule has 2 aliphatic heterocycles. The minimum Gasteiger partial charge on any atom is -0.453 e. The smallest absolute Gasteiger partial charge is 0.407 e. The van der Waals surface area contributed by atoms with Gasteiger partial charge in [0.2, 0.25) is 11.8 Å². The molecule has 4 atom stereocenters. The molecule has 6 rings (SSSR count). The number of carbonyl (C=O) groups is 4. The summed E-state index contributed by atoms with van der Waals surface area (Å²) in [7, 11) is 2.57. The Labute approximate surface area is 314 Å². The Bertz CT molecular complexity index is 2060. The number of imidazole rings is 2. The number of aromatic amines is 2. The van der Waals surface area contributed by atoms with Crippen LogP contribution in [-0.4, -0.2) is 93.1 Å². The van der Waals surface area contributed by atoms with Gasteiger partial charge in [-0.3, -0.25) is 9.59 Å². The number of benzene rings is 2. The Morgan fingerprint density at radius 3 is 1.87 bits per heavy atom. The van der Waals surface area contributed by atoms with Crippen LogP contribution in [0.2, 0.25) is 0 Å². The van der Waals surface area contributed by atoms with E-state index in [1.165, 1.54) is 14.2 Å². The van der Waals surface area contributed by atoms with Gasteiger partial charge in [0.05, 0.1) is 43.5 Å². The number of aromatic nitrogens is 4. The number of ether oxygens (including phenoxy) is 2. The fourth-order valence-corrected chi connectivity index (χ4v) is 7.21. The standard InChI is InChI=1S/C40H48N8O6/c1-23(2)33(45-39(51)53-5)37(49)47-19-7-9-31(47)35-41-22-28(42-35)17-13-25-11-14-26(15-12-25)27-16-18-29-30(21-27)44-36(43-29)32-10-8-20-48(32)38(50)34(24(3)4)46-40(52)54-6/h11-12,14-16,18,21-24,31-34H,7-10,19-20H2,1-6H3,(H,41,42)(H,43,44)(H,45,51)(H,46,52)/t31-,32-,33+,34-/m1/s1. The van der Waals surface area contributed by atoms with Crippen LogP contribution in [0.15, 0.2) is 48.7 Å². The van der Waals surface area contributed by atoms with Crippen LogP contribution in [0.1, 0.15) is 88.4 Å². The van der Waals surface area contributed by atoms with E-state index in [4.69, 9.17) is 14.5 Å². The molecule has 2 saturated heterocycles. The second kappa shape index (κ2) is 16.4. The third kappa shape index (κ3) is 8.20. The number of carbonyl (C=O) groups excluding carboxylic acids is 4. The number of hydrogen-bond acceptors (Lipinski definition) is 8. The Morgan fingerprint density at radius 1 is 0.759 bits per heavy atom. The third-order valence-electron chi connectivity index (χ3n) is 10.1. The second-order valence-electron chi connectivity index (χ2n) is 14.5. The molecule has 2 fully saturated rings. The number of alkyl carbamates (subject to hydrolysis) is 2. The number of hydrogen-bond donors (Lipinski definition) is 4. The zero-order valence-electron chi connectivity index (χ0n) is 31.6. The number of H-pyrrole nitrogens is 2. The van der Waals surface area contributed by atoms with Crippen LogP contribution in [0.5, 0.6) is 0 Å². The van der Waals surface area contributed by atoms with Crippen LogP contribution in [0.4, 0.5) is 9.59 Å². The number of rotatable bonds is 9. The summed E-state index contributed by atoms with van der Waals surface area (Å²) in [5.74, 6) is 7.23. The molecule has 0 aliphatic carbocycles. The molecule has 4 N–H and O–H groups in total. The van der Waals surface area contributed by atoms with Crippen molar-refractivity contribution in [3.8, 4) is 23.0 Å². The van der Waals surface area contributed by atoms with E-state index >= 15 is 0 Å². The Morgan fingerprint density at radius 2 is 1.31 bits per heavy atom. The molecule has 2 aliphatic rings.